The molecule has 1 saturated carbocycles. The average Bonchev–Trinajstić information content (AvgIpc) is 3.16. The van der Waals surface area contributed by atoms with E-state index in [1.165, 1.54) is 0 Å². The monoisotopic (exact) mass is 289 g/mol. The van der Waals surface area contributed by atoms with Crippen LogP contribution in [-0.2, 0) is 4.79 Å². The molecular formula is C16H23N3O2. The predicted molar refractivity (Wildman–Crippen MR) is 82.9 cm³/mol. The number of benzene rings is 1. The quantitative estimate of drug-likeness (QED) is 0.746. The molecule has 1 aliphatic rings. The number of hydrogen-bond donors (Lipinski definition) is 3. The second-order valence-electron chi connectivity index (χ2n) is 5.91. The van der Waals surface area contributed by atoms with E-state index in [1.54, 1.807) is 24.3 Å². The molecule has 0 aliphatic heterocycles. The molecule has 0 heterocycles. The maximum absolute atomic E-state index is 12.0. The van der Waals surface area contributed by atoms with Gasteiger partial charge in [0.25, 0.3) is 5.91 Å². The molecule has 0 bridgehead atoms. The smallest absolute Gasteiger partial charge is 0.251 e. The van der Waals surface area contributed by atoms with Crippen LogP contribution in [0.1, 0.15) is 37.0 Å². The molecule has 3 unspecified atom stereocenters. The number of anilines is 1. The van der Waals surface area contributed by atoms with Crippen molar-refractivity contribution < 1.29 is 9.59 Å². The minimum atomic E-state index is -0.147. The third-order valence-electron chi connectivity index (χ3n) is 3.72. The highest BCUT2D eigenvalue weighted by atomic mass is 16.2. The van der Waals surface area contributed by atoms with E-state index in [-0.39, 0.29) is 23.8 Å². The molecule has 1 aromatic rings. The molecule has 3 atom stereocenters. The minimum Gasteiger partial charge on any atom is -0.352 e. The van der Waals surface area contributed by atoms with E-state index in [9.17, 15) is 9.59 Å². The zero-order valence-corrected chi connectivity index (χ0v) is 12.6. The topological polar surface area (TPSA) is 84.2 Å². The highest BCUT2D eigenvalue weighted by Crippen LogP contribution is 2.38. The van der Waals surface area contributed by atoms with E-state index in [2.05, 4.69) is 17.6 Å². The molecule has 2 rings (SSSR count). The van der Waals surface area contributed by atoms with Gasteiger partial charge in [-0.2, -0.15) is 0 Å². The van der Waals surface area contributed by atoms with Crippen LogP contribution < -0.4 is 16.4 Å². The van der Waals surface area contributed by atoms with Gasteiger partial charge in [0, 0.05) is 29.8 Å². The normalized spacial score (nSPS) is 21.5. The first-order valence-corrected chi connectivity index (χ1v) is 7.42. The largest absolute Gasteiger partial charge is 0.352 e. The summed E-state index contributed by atoms with van der Waals surface area (Å²) in [6, 6.07) is 7.07. The summed E-state index contributed by atoms with van der Waals surface area (Å²) < 4.78 is 0. The fourth-order valence-corrected chi connectivity index (χ4v) is 2.18. The first-order valence-electron chi connectivity index (χ1n) is 7.42. The van der Waals surface area contributed by atoms with Gasteiger partial charge in [-0.05, 0) is 43.9 Å². The highest BCUT2D eigenvalue weighted by molar-refractivity contribution is 5.98. The Kier molecular flexibility index (Phi) is 4.96. The van der Waals surface area contributed by atoms with E-state index >= 15 is 0 Å². The fourth-order valence-electron chi connectivity index (χ4n) is 2.18. The molecule has 0 spiro atoms. The number of nitrogens with two attached hydrogens (primary N) is 1. The molecule has 0 aromatic heterocycles. The Morgan fingerprint density at radius 2 is 2.14 bits per heavy atom. The number of amides is 2. The second kappa shape index (κ2) is 6.72. The van der Waals surface area contributed by atoms with Crippen LogP contribution in [0.3, 0.4) is 0 Å². The van der Waals surface area contributed by atoms with Crippen LogP contribution in [0.25, 0.3) is 0 Å². The van der Waals surface area contributed by atoms with Gasteiger partial charge in [-0.3, -0.25) is 9.59 Å². The molecule has 0 saturated heterocycles. The Balaban J connectivity index is 1.90. The van der Waals surface area contributed by atoms with Crippen molar-refractivity contribution in [3.8, 4) is 0 Å². The van der Waals surface area contributed by atoms with Crippen LogP contribution in [0.4, 0.5) is 5.69 Å². The van der Waals surface area contributed by atoms with E-state index in [4.69, 9.17) is 5.73 Å². The summed E-state index contributed by atoms with van der Waals surface area (Å²) in [5.41, 5.74) is 6.85. The summed E-state index contributed by atoms with van der Waals surface area (Å²) in [6.45, 7) is 4.51. The SMILES string of the molecule is CC(N)CCNC(=O)c1cccc(NC(=O)C2CC2C)c1. The fraction of sp³-hybridized carbons (Fsp3) is 0.500. The maximum Gasteiger partial charge on any atom is 0.251 e. The van der Waals surface area contributed by atoms with Crippen LogP contribution in [-0.4, -0.2) is 24.4 Å². The van der Waals surface area contributed by atoms with Crippen molar-refractivity contribution in [3.63, 3.8) is 0 Å². The Morgan fingerprint density at radius 1 is 1.43 bits per heavy atom. The van der Waals surface area contributed by atoms with Crippen molar-refractivity contribution in [2.24, 2.45) is 17.6 Å². The molecule has 114 valence electrons. The molecule has 1 fully saturated rings. The first kappa shape index (κ1) is 15.5. The summed E-state index contributed by atoms with van der Waals surface area (Å²) in [7, 11) is 0. The lowest BCUT2D eigenvalue weighted by atomic mass is 10.1. The minimum absolute atomic E-state index is 0.0389. The number of carbonyl (C=O) groups excluding carboxylic acids is 2. The summed E-state index contributed by atoms with van der Waals surface area (Å²) in [5.74, 6) is 0.479. The standard InChI is InChI=1S/C16H23N3O2/c1-10-8-14(10)16(21)19-13-5-3-4-12(9-13)15(20)18-7-6-11(2)17/h3-5,9-11,14H,6-8,17H2,1-2H3,(H,18,20)(H,19,21). The number of nitrogens with one attached hydrogen (secondary N) is 2. The molecule has 1 aliphatic carbocycles. The number of carbonyl (C=O) groups is 2. The van der Waals surface area contributed by atoms with Crippen LogP contribution in [0.2, 0.25) is 0 Å². The second-order valence-corrected chi connectivity index (χ2v) is 5.91. The van der Waals surface area contributed by atoms with E-state index in [1.807, 2.05) is 6.92 Å². The third kappa shape index (κ3) is 4.56. The van der Waals surface area contributed by atoms with Gasteiger partial charge in [-0.1, -0.05) is 13.0 Å². The molecule has 5 nitrogen and oxygen atoms in total. The van der Waals surface area contributed by atoms with Crippen molar-refractivity contribution in [3.05, 3.63) is 29.8 Å². The number of hydrogen-bond acceptors (Lipinski definition) is 3. The van der Waals surface area contributed by atoms with Gasteiger partial charge in [0.05, 0.1) is 0 Å². The van der Waals surface area contributed by atoms with Crippen molar-refractivity contribution in [1.82, 2.24) is 5.32 Å². The zero-order valence-electron chi connectivity index (χ0n) is 12.6. The summed E-state index contributed by atoms with van der Waals surface area (Å²) >= 11 is 0. The van der Waals surface area contributed by atoms with E-state index < -0.39 is 0 Å². The van der Waals surface area contributed by atoms with Crippen LogP contribution in [0.5, 0.6) is 0 Å². The van der Waals surface area contributed by atoms with E-state index in [0.717, 1.165) is 12.8 Å². The third-order valence-corrected chi connectivity index (χ3v) is 3.72. The summed E-state index contributed by atoms with van der Waals surface area (Å²) in [6.07, 6.45) is 1.69. The lowest BCUT2D eigenvalue weighted by Gasteiger charge is -2.09. The van der Waals surface area contributed by atoms with Crippen LogP contribution in [0, 0.1) is 11.8 Å². The molecule has 2 amide bonds. The molecule has 5 heteroatoms. The van der Waals surface area contributed by atoms with Crippen molar-refractivity contribution in [1.29, 1.82) is 0 Å². The van der Waals surface area contributed by atoms with Crippen molar-refractivity contribution in [2.75, 3.05) is 11.9 Å². The lowest BCUT2D eigenvalue weighted by molar-refractivity contribution is -0.117. The molecular weight excluding hydrogens is 266 g/mol. The van der Waals surface area contributed by atoms with Crippen LogP contribution >= 0.6 is 0 Å². The molecule has 4 N–H and O–H groups in total. The van der Waals surface area contributed by atoms with Crippen molar-refractivity contribution >= 4 is 17.5 Å². The average molecular weight is 289 g/mol. The van der Waals surface area contributed by atoms with Crippen molar-refractivity contribution in [2.45, 2.75) is 32.7 Å². The van der Waals surface area contributed by atoms with Crippen LogP contribution in [0.15, 0.2) is 24.3 Å². The Morgan fingerprint density at radius 3 is 2.76 bits per heavy atom. The first-order chi connectivity index (χ1) is 9.97. The van der Waals surface area contributed by atoms with Gasteiger partial charge in [0.15, 0.2) is 0 Å². The Hall–Kier alpha value is -1.88. The zero-order chi connectivity index (χ0) is 15.4. The van der Waals surface area contributed by atoms with Gasteiger partial charge >= 0.3 is 0 Å². The van der Waals surface area contributed by atoms with E-state index in [0.29, 0.717) is 23.7 Å². The summed E-state index contributed by atoms with van der Waals surface area (Å²) in [5, 5.41) is 5.69. The van der Waals surface area contributed by atoms with Gasteiger partial charge in [-0.25, -0.2) is 0 Å². The summed E-state index contributed by atoms with van der Waals surface area (Å²) in [4.78, 5) is 23.9. The molecule has 0 radical (unpaired) electrons. The Bertz CT molecular complexity index is 528. The number of rotatable bonds is 6. The van der Waals surface area contributed by atoms with Gasteiger partial charge in [0.1, 0.15) is 0 Å². The highest BCUT2D eigenvalue weighted by Gasteiger charge is 2.39. The Labute approximate surface area is 125 Å². The maximum atomic E-state index is 12.0. The molecule has 21 heavy (non-hydrogen) atoms. The predicted octanol–water partition coefficient (Wildman–Crippen LogP) is 1.75. The lowest BCUT2D eigenvalue weighted by Crippen LogP contribution is -2.29. The molecule has 1 aromatic carbocycles. The van der Waals surface area contributed by atoms with Gasteiger partial charge in [-0.15, -0.1) is 0 Å². The van der Waals surface area contributed by atoms with Gasteiger partial charge < -0.3 is 16.4 Å². The van der Waals surface area contributed by atoms with Gasteiger partial charge in [0.2, 0.25) is 5.91 Å².